The Balaban J connectivity index is 1.82. The van der Waals surface area contributed by atoms with E-state index in [0.717, 1.165) is 48.0 Å². The molecule has 0 unspecified atom stereocenters. The van der Waals surface area contributed by atoms with Crippen LogP contribution in [0.4, 0.5) is 0 Å². The minimum absolute atomic E-state index is 0.783. The predicted octanol–water partition coefficient (Wildman–Crippen LogP) is 5.14. The number of pyridine rings is 1. The fraction of sp³-hybridized carbons (Fsp3) is 0.0526. The Bertz CT molecular complexity index is 1260. The summed E-state index contributed by atoms with van der Waals surface area (Å²) in [5.74, 6) is 0.783. The number of aromatic nitrogens is 5. The van der Waals surface area contributed by atoms with E-state index in [-0.39, 0.29) is 0 Å². The van der Waals surface area contributed by atoms with Crippen molar-refractivity contribution < 1.29 is 0 Å². The third-order valence-corrected chi connectivity index (χ3v) is 5.64. The number of rotatable bonds is 2. The molecular weight excluding hydrogens is 410 g/mol. The Kier molecular flexibility index (Phi) is 3.58. The molecule has 0 spiro atoms. The summed E-state index contributed by atoms with van der Waals surface area (Å²) in [7, 11) is 0. The first-order valence-electron chi connectivity index (χ1n) is 8.04. The van der Waals surface area contributed by atoms with Gasteiger partial charge < -0.3 is 0 Å². The quantitative estimate of drug-likeness (QED) is 0.395. The maximum absolute atomic E-state index is 4.85. The number of aryl methyl sites for hydroxylation is 1. The van der Waals surface area contributed by atoms with Crippen LogP contribution < -0.4 is 0 Å². The molecule has 2 aromatic carbocycles. The maximum atomic E-state index is 4.85. The van der Waals surface area contributed by atoms with E-state index in [1.165, 1.54) is 11.3 Å². The zero-order chi connectivity index (χ0) is 17.7. The van der Waals surface area contributed by atoms with Gasteiger partial charge in [-0.05, 0) is 31.2 Å². The molecule has 0 radical (unpaired) electrons. The summed E-state index contributed by atoms with van der Waals surface area (Å²) in [4.78, 5) is 5.64. The van der Waals surface area contributed by atoms with Crippen LogP contribution in [0.2, 0.25) is 0 Å². The SMILES string of the molecule is Cc1nnc2sc(-c3cc(-c4ccccc4)nc4ccc(Br)cc34)nn12. The molecule has 0 aliphatic rings. The largest absolute Gasteiger partial charge is 0.248 e. The average molecular weight is 422 g/mol. The van der Waals surface area contributed by atoms with Crippen LogP contribution in [0.5, 0.6) is 0 Å². The summed E-state index contributed by atoms with van der Waals surface area (Å²) in [6.07, 6.45) is 0. The van der Waals surface area contributed by atoms with Crippen molar-refractivity contribution >= 4 is 43.1 Å². The molecule has 5 rings (SSSR count). The van der Waals surface area contributed by atoms with Crippen LogP contribution in [0.15, 0.2) is 59.1 Å². The number of halogens is 1. The molecule has 126 valence electrons. The first kappa shape index (κ1) is 15.6. The number of nitrogens with zero attached hydrogens (tertiary/aromatic N) is 5. The molecule has 0 bridgehead atoms. The van der Waals surface area contributed by atoms with Crippen molar-refractivity contribution in [2.75, 3.05) is 0 Å². The highest BCUT2D eigenvalue weighted by Crippen LogP contribution is 2.35. The van der Waals surface area contributed by atoms with Gasteiger partial charge in [0.15, 0.2) is 5.82 Å². The van der Waals surface area contributed by atoms with Crippen molar-refractivity contribution in [3.63, 3.8) is 0 Å². The van der Waals surface area contributed by atoms with Gasteiger partial charge in [0.1, 0.15) is 5.01 Å². The summed E-state index contributed by atoms with van der Waals surface area (Å²) in [5.41, 5.74) is 3.99. The predicted molar refractivity (Wildman–Crippen MR) is 107 cm³/mol. The van der Waals surface area contributed by atoms with Crippen LogP contribution in [0.3, 0.4) is 0 Å². The lowest BCUT2D eigenvalue weighted by atomic mass is 10.0. The van der Waals surface area contributed by atoms with Gasteiger partial charge in [0.05, 0.1) is 11.2 Å². The number of hydrogen-bond acceptors (Lipinski definition) is 5. The van der Waals surface area contributed by atoms with Gasteiger partial charge >= 0.3 is 0 Å². The average Bonchev–Trinajstić information content (AvgIpc) is 3.24. The zero-order valence-electron chi connectivity index (χ0n) is 13.7. The lowest BCUT2D eigenvalue weighted by Crippen LogP contribution is -1.92. The van der Waals surface area contributed by atoms with Crippen molar-refractivity contribution in [3.8, 4) is 21.8 Å². The highest BCUT2D eigenvalue weighted by Gasteiger charge is 2.15. The monoisotopic (exact) mass is 421 g/mol. The minimum Gasteiger partial charge on any atom is -0.248 e. The van der Waals surface area contributed by atoms with Crippen LogP contribution in [-0.2, 0) is 0 Å². The van der Waals surface area contributed by atoms with E-state index in [1.807, 2.05) is 37.3 Å². The molecule has 5 aromatic rings. The highest BCUT2D eigenvalue weighted by molar-refractivity contribution is 9.10. The molecule has 3 aromatic heterocycles. The van der Waals surface area contributed by atoms with Crippen molar-refractivity contribution in [2.45, 2.75) is 6.92 Å². The highest BCUT2D eigenvalue weighted by atomic mass is 79.9. The molecule has 0 amide bonds. The third-order valence-electron chi connectivity index (χ3n) is 4.22. The number of fused-ring (bicyclic) bond motifs is 2. The van der Waals surface area contributed by atoms with Crippen molar-refractivity contribution in [2.24, 2.45) is 0 Å². The molecule has 0 fully saturated rings. The molecule has 0 aliphatic heterocycles. The van der Waals surface area contributed by atoms with Gasteiger partial charge in [0, 0.05) is 21.0 Å². The lowest BCUT2D eigenvalue weighted by Gasteiger charge is -2.08. The Morgan fingerprint density at radius 1 is 1.00 bits per heavy atom. The summed E-state index contributed by atoms with van der Waals surface area (Å²) in [5, 5.41) is 14.9. The fourth-order valence-corrected chi connectivity index (χ4v) is 4.23. The molecule has 0 atom stereocenters. The molecule has 5 nitrogen and oxygen atoms in total. The Morgan fingerprint density at radius 2 is 1.85 bits per heavy atom. The molecule has 0 saturated carbocycles. The van der Waals surface area contributed by atoms with E-state index in [0.29, 0.717) is 0 Å². The lowest BCUT2D eigenvalue weighted by molar-refractivity contribution is 0.898. The van der Waals surface area contributed by atoms with E-state index in [4.69, 9.17) is 10.1 Å². The van der Waals surface area contributed by atoms with Crippen LogP contribution in [-0.4, -0.2) is 24.8 Å². The van der Waals surface area contributed by atoms with E-state index < -0.39 is 0 Å². The smallest absolute Gasteiger partial charge is 0.234 e. The first-order chi connectivity index (χ1) is 12.7. The summed E-state index contributed by atoms with van der Waals surface area (Å²) in [6.45, 7) is 1.90. The molecule has 3 heterocycles. The van der Waals surface area contributed by atoms with Gasteiger partial charge in [0.2, 0.25) is 4.96 Å². The van der Waals surface area contributed by atoms with Crippen molar-refractivity contribution in [3.05, 3.63) is 64.9 Å². The maximum Gasteiger partial charge on any atom is 0.234 e. The van der Waals surface area contributed by atoms with Crippen molar-refractivity contribution in [1.82, 2.24) is 24.8 Å². The van der Waals surface area contributed by atoms with Gasteiger partial charge in [-0.25, -0.2) is 4.98 Å². The topological polar surface area (TPSA) is 56.0 Å². The molecule has 0 saturated heterocycles. The Labute approximate surface area is 161 Å². The van der Waals surface area contributed by atoms with Gasteiger partial charge in [-0.3, -0.25) is 0 Å². The first-order valence-corrected chi connectivity index (χ1v) is 9.65. The van der Waals surface area contributed by atoms with E-state index >= 15 is 0 Å². The third kappa shape index (κ3) is 2.51. The van der Waals surface area contributed by atoms with Crippen LogP contribution in [0.25, 0.3) is 37.7 Å². The molecule has 7 heteroatoms. The van der Waals surface area contributed by atoms with Crippen LogP contribution in [0.1, 0.15) is 5.82 Å². The van der Waals surface area contributed by atoms with E-state index in [1.54, 1.807) is 4.52 Å². The second-order valence-electron chi connectivity index (χ2n) is 5.93. The van der Waals surface area contributed by atoms with Gasteiger partial charge in [-0.1, -0.05) is 57.6 Å². The normalized spacial score (nSPS) is 11.5. The minimum atomic E-state index is 0.783. The summed E-state index contributed by atoms with van der Waals surface area (Å²) < 4.78 is 2.80. The zero-order valence-corrected chi connectivity index (χ0v) is 16.1. The standard InChI is InChI=1S/C19H12BrN5S/c1-11-22-23-19-25(11)24-18(26-19)15-10-17(12-5-3-2-4-6-12)21-16-8-7-13(20)9-14(15)16/h2-10H,1H3. The molecule has 0 N–H and O–H groups in total. The molecular formula is C19H12BrN5S. The second kappa shape index (κ2) is 5.96. The summed E-state index contributed by atoms with van der Waals surface area (Å²) >= 11 is 5.10. The number of hydrogen-bond donors (Lipinski definition) is 0. The Hall–Kier alpha value is -2.64. The molecule has 26 heavy (non-hydrogen) atoms. The summed E-state index contributed by atoms with van der Waals surface area (Å²) in [6, 6.07) is 18.4. The van der Waals surface area contributed by atoms with Crippen LogP contribution in [0, 0.1) is 6.92 Å². The van der Waals surface area contributed by atoms with E-state index in [2.05, 4.69) is 50.4 Å². The van der Waals surface area contributed by atoms with Gasteiger partial charge in [-0.2, -0.15) is 9.61 Å². The molecule has 0 aliphatic carbocycles. The number of benzene rings is 2. The second-order valence-corrected chi connectivity index (χ2v) is 7.80. The van der Waals surface area contributed by atoms with Gasteiger partial charge in [-0.15, -0.1) is 10.2 Å². The fourth-order valence-electron chi connectivity index (χ4n) is 2.96. The van der Waals surface area contributed by atoms with Crippen LogP contribution >= 0.6 is 27.3 Å². The van der Waals surface area contributed by atoms with E-state index in [9.17, 15) is 0 Å². The Morgan fingerprint density at radius 3 is 2.65 bits per heavy atom. The van der Waals surface area contributed by atoms with Gasteiger partial charge in [0.25, 0.3) is 0 Å². The van der Waals surface area contributed by atoms with Crippen molar-refractivity contribution in [1.29, 1.82) is 0 Å².